The van der Waals surface area contributed by atoms with Crippen molar-refractivity contribution in [2.45, 2.75) is 6.61 Å². The van der Waals surface area contributed by atoms with Crippen LogP contribution < -0.4 is 38.6 Å². The monoisotopic (exact) mass is 508 g/mol. The molecule has 0 radical (unpaired) electrons. The van der Waals surface area contributed by atoms with Gasteiger partial charge in [0.25, 0.3) is 0 Å². The average molecular weight is 509 g/mol. The number of fused-ring (bicyclic) bond motifs is 1. The first-order chi connectivity index (χ1) is 18.0. The third kappa shape index (κ3) is 4.80. The molecule has 1 heterocycles. The van der Waals surface area contributed by atoms with Crippen molar-refractivity contribution in [3.05, 3.63) is 64.5 Å². The van der Waals surface area contributed by atoms with E-state index in [9.17, 15) is 4.79 Å². The lowest BCUT2D eigenvalue weighted by atomic mass is 10.0. The average Bonchev–Trinajstić information content (AvgIpc) is 2.94. The Morgan fingerprint density at radius 1 is 0.649 bits per heavy atom. The molecule has 1 aromatic heterocycles. The molecule has 0 spiro atoms. The molecule has 194 valence electrons. The fourth-order valence-electron chi connectivity index (χ4n) is 4.01. The van der Waals surface area contributed by atoms with Crippen LogP contribution >= 0.6 is 0 Å². The van der Waals surface area contributed by atoms with E-state index in [1.165, 1.54) is 41.8 Å². The van der Waals surface area contributed by atoms with Gasteiger partial charge in [-0.05, 0) is 29.8 Å². The Labute approximate surface area is 214 Å². The Morgan fingerprint density at radius 3 is 1.92 bits per heavy atom. The van der Waals surface area contributed by atoms with Crippen molar-refractivity contribution in [2.24, 2.45) is 0 Å². The molecule has 0 N–H and O–H groups in total. The SMILES string of the molecule is COc1ccc(COc2cc3c(=O)c(-c4cc(OC)c(OC)c(OC)c4OC)coc3cc2OC)cc1. The lowest BCUT2D eigenvalue weighted by molar-refractivity contribution is 0.284. The highest BCUT2D eigenvalue weighted by atomic mass is 16.5. The zero-order valence-electron chi connectivity index (χ0n) is 21.5. The zero-order valence-corrected chi connectivity index (χ0v) is 21.5. The summed E-state index contributed by atoms with van der Waals surface area (Å²) >= 11 is 0. The number of hydrogen-bond acceptors (Lipinski definition) is 9. The van der Waals surface area contributed by atoms with Crippen molar-refractivity contribution in [3.8, 4) is 51.4 Å². The van der Waals surface area contributed by atoms with Gasteiger partial charge >= 0.3 is 0 Å². The molecule has 0 fully saturated rings. The van der Waals surface area contributed by atoms with Crippen LogP contribution in [0.2, 0.25) is 0 Å². The summed E-state index contributed by atoms with van der Waals surface area (Å²) in [5.74, 6) is 2.88. The van der Waals surface area contributed by atoms with E-state index in [4.69, 9.17) is 37.6 Å². The second-order valence-corrected chi connectivity index (χ2v) is 7.84. The van der Waals surface area contributed by atoms with E-state index in [-0.39, 0.29) is 23.3 Å². The minimum atomic E-state index is -0.300. The maximum absolute atomic E-state index is 13.7. The molecule has 0 aliphatic heterocycles. The van der Waals surface area contributed by atoms with E-state index < -0.39 is 0 Å². The largest absolute Gasteiger partial charge is 0.497 e. The molecular formula is C28H28O9. The number of ether oxygens (including phenoxy) is 7. The molecule has 0 saturated carbocycles. The molecule has 9 heteroatoms. The molecule has 4 aromatic rings. The number of benzene rings is 3. The molecule has 4 rings (SSSR count). The Morgan fingerprint density at radius 2 is 1.32 bits per heavy atom. The van der Waals surface area contributed by atoms with Crippen molar-refractivity contribution < 1.29 is 37.6 Å². The molecule has 0 aliphatic carbocycles. The summed E-state index contributed by atoms with van der Waals surface area (Å²) in [6.07, 6.45) is 1.37. The van der Waals surface area contributed by atoms with Crippen LogP contribution in [0.4, 0.5) is 0 Å². The minimum Gasteiger partial charge on any atom is -0.497 e. The highest BCUT2D eigenvalue weighted by Crippen LogP contribution is 2.49. The Balaban J connectivity index is 1.82. The summed E-state index contributed by atoms with van der Waals surface area (Å²) < 4.78 is 44.6. The zero-order chi connectivity index (χ0) is 26.5. The quantitative estimate of drug-likeness (QED) is 0.290. The van der Waals surface area contributed by atoms with Gasteiger partial charge in [-0.15, -0.1) is 0 Å². The first-order valence-corrected chi connectivity index (χ1v) is 11.3. The minimum absolute atomic E-state index is 0.245. The molecule has 0 aliphatic rings. The summed E-state index contributed by atoms with van der Waals surface area (Å²) in [7, 11) is 9.07. The van der Waals surface area contributed by atoms with Gasteiger partial charge in [0.1, 0.15) is 24.2 Å². The number of hydrogen-bond donors (Lipinski definition) is 0. The Kier molecular flexibility index (Phi) is 7.62. The topological polar surface area (TPSA) is 94.8 Å². The van der Waals surface area contributed by atoms with Crippen LogP contribution in [0.15, 0.2) is 57.9 Å². The predicted molar refractivity (Wildman–Crippen MR) is 138 cm³/mol. The molecule has 3 aromatic carbocycles. The molecule has 9 nitrogen and oxygen atoms in total. The predicted octanol–water partition coefficient (Wildman–Crippen LogP) is 5.09. The fraction of sp³-hybridized carbons (Fsp3) is 0.250. The molecule has 0 saturated heterocycles. The van der Waals surface area contributed by atoms with Gasteiger partial charge in [0, 0.05) is 11.6 Å². The van der Waals surface area contributed by atoms with Gasteiger partial charge in [0.05, 0.1) is 53.6 Å². The lowest BCUT2D eigenvalue weighted by Gasteiger charge is -2.18. The van der Waals surface area contributed by atoms with E-state index in [1.54, 1.807) is 25.3 Å². The first kappa shape index (κ1) is 25.6. The van der Waals surface area contributed by atoms with Crippen LogP contribution in [-0.4, -0.2) is 42.7 Å². The summed E-state index contributed by atoms with van der Waals surface area (Å²) in [6, 6.07) is 12.4. The van der Waals surface area contributed by atoms with Crippen molar-refractivity contribution in [1.82, 2.24) is 0 Å². The molecule has 0 amide bonds. The van der Waals surface area contributed by atoms with Crippen LogP contribution in [0.25, 0.3) is 22.1 Å². The lowest BCUT2D eigenvalue weighted by Crippen LogP contribution is -2.08. The van der Waals surface area contributed by atoms with Gasteiger partial charge in [-0.3, -0.25) is 4.79 Å². The van der Waals surface area contributed by atoms with Crippen LogP contribution in [0.5, 0.6) is 40.2 Å². The Hall–Kier alpha value is -4.53. The van der Waals surface area contributed by atoms with Crippen molar-refractivity contribution >= 4 is 11.0 Å². The smallest absolute Gasteiger partial charge is 0.207 e. The van der Waals surface area contributed by atoms with Gasteiger partial charge in [-0.1, -0.05) is 12.1 Å². The van der Waals surface area contributed by atoms with E-state index in [1.807, 2.05) is 24.3 Å². The number of rotatable bonds is 10. The summed E-state index contributed by atoms with van der Waals surface area (Å²) in [5.41, 5.74) is 1.63. The summed E-state index contributed by atoms with van der Waals surface area (Å²) in [4.78, 5) is 13.7. The van der Waals surface area contributed by atoms with Crippen LogP contribution in [0, 0.1) is 0 Å². The third-order valence-corrected chi connectivity index (χ3v) is 5.89. The molecular weight excluding hydrogens is 480 g/mol. The highest BCUT2D eigenvalue weighted by molar-refractivity contribution is 5.87. The highest BCUT2D eigenvalue weighted by Gasteiger charge is 2.25. The van der Waals surface area contributed by atoms with Crippen LogP contribution in [0.3, 0.4) is 0 Å². The second kappa shape index (κ2) is 11.0. The van der Waals surface area contributed by atoms with Gasteiger partial charge in [0.2, 0.25) is 16.9 Å². The summed E-state index contributed by atoms with van der Waals surface area (Å²) in [5, 5.41) is 0.304. The number of methoxy groups -OCH3 is 6. The van der Waals surface area contributed by atoms with Crippen LogP contribution in [0.1, 0.15) is 5.56 Å². The maximum Gasteiger partial charge on any atom is 0.207 e. The van der Waals surface area contributed by atoms with E-state index in [0.717, 1.165) is 11.3 Å². The van der Waals surface area contributed by atoms with Gasteiger partial charge in [-0.25, -0.2) is 0 Å². The first-order valence-electron chi connectivity index (χ1n) is 11.3. The molecule has 0 bridgehead atoms. The molecule has 37 heavy (non-hydrogen) atoms. The Bertz CT molecular complexity index is 1460. The van der Waals surface area contributed by atoms with E-state index in [2.05, 4.69) is 0 Å². The molecule has 0 unspecified atom stereocenters. The second-order valence-electron chi connectivity index (χ2n) is 7.84. The molecule has 0 atom stereocenters. The standard InChI is InChI=1S/C28H28O9/c1-30-17-9-7-16(8-10-17)14-36-23-12-19-21(13-22(23)31-2)37-15-20(25(19)29)18-11-24(32-3)27(34-5)28(35-6)26(18)33-4/h7-13,15H,14H2,1-6H3. The van der Waals surface area contributed by atoms with Crippen molar-refractivity contribution in [3.63, 3.8) is 0 Å². The third-order valence-electron chi connectivity index (χ3n) is 5.89. The fourth-order valence-corrected chi connectivity index (χ4v) is 4.01. The van der Waals surface area contributed by atoms with Gasteiger partial charge in [0.15, 0.2) is 23.0 Å². The maximum atomic E-state index is 13.7. The van der Waals surface area contributed by atoms with Gasteiger partial charge in [-0.2, -0.15) is 0 Å². The van der Waals surface area contributed by atoms with E-state index in [0.29, 0.717) is 45.3 Å². The van der Waals surface area contributed by atoms with E-state index >= 15 is 0 Å². The van der Waals surface area contributed by atoms with Crippen molar-refractivity contribution in [2.75, 3.05) is 42.7 Å². The van der Waals surface area contributed by atoms with Gasteiger partial charge < -0.3 is 37.6 Å². The normalized spacial score (nSPS) is 10.6. The van der Waals surface area contributed by atoms with Crippen molar-refractivity contribution in [1.29, 1.82) is 0 Å². The summed E-state index contributed by atoms with van der Waals surface area (Å²) in [6.45, 7) is 0.261. The van der Waals surface area contributed by atoms with Crippen LogP contribution in [-0.2, 0) is 6.61 Å².